The molecular weight excluding hydrogens is 290 g/mol. The lowest BCUT2D eigenvalue weighted by molar-refractivity contribution is -0.132. The molecule has 1 aromatic carbocycles. The van der Waals surface area contributed by atoms with E-state index in [4.69, 9.17) is 0 Å². The monoisotopic (exact) mass is 315 g/mol. The van der Waals surface area contributed by atoms with Crippen molar-refractivity contribution in [2.45, 2.75) is 57.4 Å². The summed E-state index contributed by atoms with van der Waals surface area (Å²) < 4.78 is 0. The molecule has 0 aliphatic heterocycles. The van der Waals surface area contributed by atoms with Crippen LogP contribution in [-0.4, -0.2) is 28.9 Å². The molecule has 1 amide bonds. The van der Waals surface area contributed by atoms with E-state index >= 15 is 0 Å². The molecule has 0 spiro atoms. The molecule has 0 bridgehead atoms. The Hall–Kier alpha value is -1.84. The molecule has 1 N–H and O–H groups in total. The quantitative estimate of drug-likeness (QED) is 0.899. The lowest BCUT2D eigenvalue weighted by atomic mass is 10.00. The van der Waals surface area contributed by atoms with Gasteiger partial charge >= 0.3 is 5.97 Å². The van der Waals surface area contributed by atoms with Gasteiger partial charge in [0.25, 0.3) is 0 Å². The summed E-state index contributed by atoms with van der Waals surface area (Å²) in [5, 5.41) is 9.18. The standard InChI is InChI=1S/C19H25NO3/c1-20(18(21)11-6-13-4-2-3-5-13)17-10-9-14-7-8-15(19(22)23)12-16(14)17/h7-8,12-13,17H,2-6,9-11H2,1H3,(H,22,23). The lowest BCUT2D eigenvalue weighted by Crippen LogP contribution is -2.30. The highest BCUT2D eigenvalue weighted by atomic mass is 16.4. The molecule has 0 heterocycles. The normalized spacial score (nSPS) is 20.5. The van der Waals surface area contributed by atoms with Crippen LogP contribution in [0.2, 0.25) is 0 Å². The number of carbonyl (C=O) groups is 2. The Balaban J connectivity index is 1.66. The number of hydrogen-bond donors (Lipinski definition) is 1. The fourth-order valence-corrected chi connectivity index (χ4v) is 4.09. The Bertz CT molecular complexity index is 605. The molecule has 2 aliphatic rings. The highest BCUT2D eigenvalue weighted by molar-refractivity contribution is 5.88. The number of hydrogen-bond acceptors (Lipinski definition) is 2. The number of carboxylic acid groups (broad SMARTS) is 1. The minimum Gasteiger partial charge on any atom is -0.478 e. The van der Waals surface area contributed by atoms with Crippen LogP contribution in [0, 0.1) is 5.92 Å². The minimum atomic E-state index is -0.909. The zero-order valence-corrected chi connectivity index (χ0v) is 13.8. The Labute approximate surface area is 137 Å². The van der Waals surface area contributed by atoms with Crippen LogP contribution in [0.3, 0.4) is 0 Å². The fraction of sp³-hybridized carbons (Fsp3) is 0.579. The number of carboxylic acids is 1. The first-order valence-electron chi connectivity index (χ1n) is 8.68. The Morgan fingerprint density at radius 1 is 1.22 bits per heavy atom. The zero-order valence-electron chi connectivity index (χ0n) is 13.8. The van der Waals surface area contributed by atoms with E-state index in [2.05, 4.69) is 0 Å². The predicted molar refractivity (Wildman–Crippen MR) is 88.4 cm³/mol. The second kappa shape index (κ2) is 6.73. The average Bonchev–Trinajstić information content (AvgIpc) is 3.20. The van der Waals surface area contributed by atoms with Crippen molar-refractivity contribution >= 4 is 11.9 Å². The first-order valence-corrected chi connectivity index (χ1v) is 8.68. The van der Waals surface area contributed by atoms with E-state index in [1.807, 2.05) is 18.0 Å². The molecule has 1 aromatic rings. The van der Waals surface area contributed by atoms with Crippen molar-refractivity contribution in [2.75, 3.05) is 7.05 Å². The zero-order chi connectivity index (χ0) is 16.4. The smallest absolute Gasteiger partial charge is 0.335 e. The van der Waals surface area contributed by atoms with Crippen molar-refractivity contribution in [3.63, 3.8) is 0 Å². The molecule has 4 nitrogen and oxygen atoms in total. The van der Waals surface area contributed by atoms with E-state index in [0.717, 1.165) is 30.7 Å². The second-order valence-electron chi connectivity index (χ2n) is 6.97. The number of aryl methyl sites for hydroxylation is 1. The highest BCUT2D eigenvalue weighted by Gasteiger charge is 2.29. The predicted octanol–water partition coefficient (Wildman–Crippen LogP) is 3.80. The number of aromatic carboxylic acids is 1. The maximum Gasteiger partial charge on any atom is 0.335 e. The molecule has 0 aromatic heterocycles. The van der Waals surface area contributed by atoms with E-state index in [0.29, 0.717) is 12.0 Å². The number of carbonyl (C=O) groups excluding carboxylic acids is 1. The summed E-state index contributed by atoms with van der Waals surface area (Å²) in [7, 11) is 1.87. The number of rotatable bonds is 5. The summed E-state index contributed by atoms with van der Waals surface area (Å²) >= 11 is 0. The van der Waals surface area contributed by atoms with Gasteiger partial charge in [-0.05, 0) is 48.4 Å². The van der Waals surface area contributed by atoms with Gasteiger partial charge in [0, 0.05) is 13.5 Å². The van der Waals surface area contributed by atoms with Gasteiger partial charge in [0.15, 0.2) is 0 Å². The van der Waals surface area contributed by atoms with Crippen molar-refractivity contribution in [3.05, 3.63) is 34.9 Å². The topological polar surface area (TPSA) is 57.6 Å². The Morgan fingerprint density at radius 3 is 2.65 bits per heavy atom. The molecule has 3 rings (SSSR count). The van der Waals surface area contributed by atoms with Crippen LogP contribution >= 0.6 is 0 Å². The summed E-state index contributed by atoms with van der Waals surface area (Å²) in [5.41, 5.74) is 2.50. The van der Waals surface area contributed by atoms with E-state index < -0.39 is 5.97 Å². The molecule has 124 valence electrons. The lowest BCUT2D eigenvalue weighted by Gasteiger charge is -2.26. The first kappa shape index (κ1) is 16.0. The van der Waals surface area contributed by atoms with E-state index in [1.165, 1.54) is 31.2 Å². The van der Waals surface area contributed by atoms with Crippen LogP contribution in [0.5, 0.6) is 0 Å². The summed E-state index contributed by atoms with van der Waals surface area (Å²) in [6.07, 6.45) is 8.58. The summed E-state index contributed by atoms with van der Waals surface area (Å²) in [5.74, 6) is 0.00553. The maximum atomic E-state index is 12.5. The molecule has 0 radical (unpaired) electrons. The molecule has 2 aliphatic carbocycles. The summed E-state index contributed by atoms with van der Waals surface area (Å²) in [6.45, 7) is 0. The molecule has 1 unspecified atom stereocenters. The van der Waals surface area contributed by atoms with Crippen molar-refractivity contribution in [1.82, 2.24) is 4.90 Å². The maximum absolute atomic E-state index is 12.5. The van der Waals surface area contributed by atoms with Crippen LogP contribution in [0.15, 0.2) is 18.2 Å². The van der Waals surface area contributed by atoms with Gasteiger partial charge in [-0.2, -0.15) is 0 Å². The van der Waals surface area contributed by atoms with Crippen LogP contribution in [0.4, 0.5) is 0 Å². The van der Waals surface area contributed by atoms with Gasteiger partial charge in [-0.1, -0.05) is 31.7 Å². The third-order valence-electron chi connectivity index (χ3n) is 5.54. The number of benzene rings is 1. The number of nitrogens with zero attached hydrogens (tertiary/aromatic N) is 1. The van der Waals surface area contributed by atoms with Crippen molar-refractivity contribution in [2.24, 2.45) is 5.92 Å². The molecule has 4 heteroatoms. The SMILES string of the molecule is CN(C(=O)CCC1CCCC1)C1CCc2ccc(C(=O)O)cc21. The van der Waals surface area contributed by atoms with Gasteiger partial charge in [-0.25, -0.2) is 4.79 Å². The summed E-state index contributed by atoms with van der Waals surface area (Å²) in [4.78, 5) is 25.5. The third-order valence-corrected chi connectivity index (χ3v) is 5.54. The van der Waals surface area contributed by atoms with Crippen LogP contribution in [0.1, 0.15) is 72.5 Å². The molecule has 0 saturated heterocycles. The van der Waals surface area contributed by atoms with Crippen LogP contribution < -0.4 is 0 Å². The number of amides is 1. The molecule has 1 fully saturated rings. The van der Waals surface area contributed by atoms with Gasteiger partial charge in [-0.3, -0.25) is 4.79 Å². The van der Waals surface area contributed by atoms with E-state index in [-0.39, 0.29) is 11.9 Å². The minimum absolute atomic E-state index is 0.0281. The number of fused-ring (bicyclic) bond motifs is 1. The van der Waals surface area contributed by atoms with E-state index in [9.17, 15) is 14.7 Å². The van der Waals surface area contributed by atoms with Gasteiger partial charge in [0.2, 0.25) is 5.91 Å². The fourth-order valence-electron chi connectivity index (χ4n) is 4.09. The average molecular weight is 315 g/mol. The van der Waals surface area contributed by atoms with Crippen LogP contribution in [-0.2, 0) is 11.2 Å². The molecule has 1 saturated carbocycles. The largest absolute Gasteiger partial charge is 0.478 e. The third kappa shape index (κ3) is 3.41. The second-order valence-corrected chi connectivity index (χ2v) is 6.97. The highest BCUT2D eigenvalue weighted by Crippen LogP contribution is 2.36. The van der Waals surface area contributed by atoms with Gasteiger partial charge in [0.1, 0.15) is 0 Å². The van der Waals surface area contributed by atoms with Crippen molar-refractivity contribution in [1.29, 1.82) is 0 Å². The molecule has 23 heavy (non-hydrogen) atoms. The molecular formula is C19H25NO3. The Kier molecular flexibility index (Phi) is 4.69. The van der Waals surface area contributed by atoms with Crippen molar-refractivity contribution in [3.8, 4) is 0 Å². The van der Waals surface area contributed by atoms with Gasteiger partial charge in [-0.15, -0.1) is 0 Å². The molecule has 1 atom stereocenters. The Morgan fingerprint density at radius 2 is 1.96 bits per heavy atom. The van der Waals surface area contributed by atoms with Gasteiger partial charge < -0.3 is 10.0 Å². The van der Waals surface area contributed by atoms with Crippen LogP contribution in [0.25, 0.3) is 0 Å². The van der Waals surface area contributed by atoms with Gasteiger partial charge in [0.05, 0.1) is 11.6 Å². The van der Waals surface area contributed by atoms with E-state index in [1.54, 1.807) is 12.1 Å². The first-order chi connectivity index (χ1) is 11.1. The van der Waals surface area contributed by atoms with Crippen molar-refractivity contribution < 1.29 is 14.7 Å². The summed E-state index contributed by atoms with van der Waals surface area (Å²) in [6, 6.07) is 5.33.